The monoisotopic (exact) mass is 275 g/mol. The van der Waals surface area contributed by atoms with Gasteiger partial charge in [0.15, 0.2) is 0 Å². The maximum atomic E-state index is 11.5. The molecule has 1 amide bonds. The van der Waals surface area contributed by atoms with Gasteiger partial charge in [-0.3, -0.25) is 0 Å². The average molecular weight is 275 g/mol. The number of rotatable bonds is 6. The molecule has 1 saturated carbocycles. The van der Waals surface area contributed by atoms with E-state index in [2.05, 4.69) is 5.32 Å². The Morgan fingerprint density at radius 1 is 1.15 bits per heavy atom. The molecule has 0 unspecified atom stereocenters. The minimum atomic E-state index is -0.308. The lowest BCUT2D eigenvalue weighted by Gasteiger charge is -2.21. The average Bonchev–Trinajstić information content (AvgIpc) is 2.52. The molecular weight excluding hydrogens is 250 g/mol. The molecule has 20 heavy (non-hydrogen) atoms. The number of amides is 1. The first-order valence-electron chi connectivity index (χ1n) is 7.79. The van der Waals surface area contributed by atoms with Crippen LogP contribution in [0.15, 0.2) is 30.3 Å². The summed E-state index contributed by atoms with van der Waals surface area (Å²) in [6.07, 6.45) is 8.91. The van der Waals surface area contributed by atoms with Crippen LogP contribution in [0.4, 0.5) is 4.79 Å². The number of carbonyl (C=O) groups excluding carboxylic acids is 1. The highest BCUT2D eigenvalue weighted by atomic mass is 16.5. The second-order valence-corrected chi connectivity index (χ2v) is 5.63. The number of hydrogen-bond donors (Lipinski definition) is 1. The molecule has 0 atom stereocenters. The summed E-state index contributed by atoms with van der Waals surface area (Å²) >= 11 is 0. The Balaban J connectivity index is 1.51. The van der Waals surface area contributed by atoms with E-state index >= 15 is 0 Å². The van der Waals surface area contributed by atoms with Gasteiger partial charge in [0, 0.05) is 6.54 Å². The largest absolute Gasteiger partial charge is 0.445 e. The zero-order chi connectivity index (χ0) is 14.0. The standard InChI is InChI=1S/C17H25NO2/c19-17(20-14-16-10-5-2-6-11-16)18-13-7-12-15-8-3-1-4-9-15/h2,5-6,10-11,15H,1,3-4,7-9,12-14H2,(H,18,19). The summed E-state index contributed by atoms with van der Waals surface area (Å²) in [5.74, 6) is 0.880. The van der Waals surface area contributed by atoms with Crippen molar-refractivity contribution in [2.45, 2.75) is 51.6 Å². The molecule has 0 aliphatic heterocycles. The molecule has 1 fully saturated rings. The molecule has 1 aromatic rings. The van der Waals surface area contributed by atoms with Gasteiger partial charge in [-0.1, -0.05) is 62.4 Å². The van der Waals surface area contributed by atoms with E-state index in [-0.39, 0.29) is 6.09 Å². The van der Waals surface area contributed by atoms with Gasteiger partial charge in [0.25, 0.3) is 0 Å². The highest BCUT2D eigenvalue weighted by Crippen LogP contribution is 2.26. The number of ether oxygens (including phenoxy) is 1. The number of benzene rings is 1. The number of nitrogens with one attached hydrogen (secondary N) is 1. The Bertz CT molecular complexity index is 385. The lowest BCUT2D eigenvalue weighted by atomic mass is 9.86. The van der Waals surface area contributed by atoms with Crippen molar-refractivity contribution >= 4 is 6.09 Å². The molecule has 0 radical (unpaired) electrons. The van der Waals surface area contributed by atoms with Crippen LogP contribution in [-0.4, -0.2) is 12.6 Å². The van der Waals surface area contributed by atoms with Gasteiger partial charge in [-0.2, -0.15) is 0 Å². The Morgan fingerprint density at radius 3 is 2.65 bits per heavy atom. The molecule has 3 nitrogen and oxygen atoms in total. The molecular formula is C17H25NO2. The topological polar surface area (TPSA) is 38.3 Å². The van der Waals surface area contributed by atoms with Crippen molar-refractivity contribution in [1.29, 1.82) is 0 Å². The van der Waals surface area contributed by atoms with Gasteiger partial charge in [0.2, 0.25) is 0 Å². The summed E-state index contributed by atoms with van der Waals surface area (Å²) in [4.78, 5) is 11.5. The van der Waals surface area contributed by atoms with E-state index in [0.29, 0.717) is 6.61 Å². The van der Waals surface area contributed by atoms with Crippen LogP contribution in [0, 0.1) is 5.92 Å². The normalized spacial score (nSPS) is 15.8. The second kappa shape index (κ2) is 8.62. The van der Waals surface area contributed by atoms with Gasteiger partial charge in [0.1, 0.15) is 6.61 Å². The first kappa shape index (κ1) is 14.9. The van der Waals surface area contributed by atoms with Crippen LogP contribution in [0.1, 0.15) is 50.5 Å². The van der Waals surface area contributed by atoms with Gasteiger partial charge in [-0.25, -0.2) is 4.79 Å². The first-order chi connectivity index (χ1) is 9.84. The molecule has 3 heteroatoms. The lowest BCUT2D eigenvalue weighted by Crippen LogP contribution is -2.25. The molecule has 1 aromatic carbocycles. The number of alkyl carbamates (subject to hydrolysis) is 1. The minimum absolute atomic E-state index is 0.308. The summed E-state index contributed by atoms with van der Waals surface area (Å²) in [7, 11) is 0. The molecule has 1 aliphatic carbocycles. The van der Waals surface area contributed by atoms with E-state index < -0.39 is 0 Å². The van der Waals surface area contributed by atoms with E-state index in [4.69, 9.17) is 4.74 Å². The Labute approximate surface area is 121 Å². The van der Waals surface area contributed by atoms with E-state index in [1.807, 2.05) is 30.3 Å². The molecule has 1 aliphatic rings. The third-order valence-corrected chi connectivity index (χ3v) is 4.00. The molecule has 0 aromatic heterocycles. The Hall–Kier alpha value is -1.51. The SMILES string of the molecule is O=C(NCCCC1CCCCC1)OCc1ccccc1. The van der Waals surface area contributed by atoms with Crippen LogP contribution in [0.25, 0.3) is 0 Å². The predicted molar refractivity (Wildman–Crippen MR) is 80.4 cm³/mol. The van der Waals surface area contributed by atoms with Crippen molar-refractivity contribution in [2.75, 3.05) is 6.54 Å². The summed E-state index contributed by atoms with van der Waals surface area (Å²) in [5, 5.41) is 2.83. The van der Waals surface area contributed by atoms with Crippen molar-refractivity contribution < 1.29 is 9.53 Å². The van der Waals surface area contributed by atoms with Gasteiger partial charge >= 0.3 is 6.09 Å². The molecule has 2 rings (SSSR count). The zero-order valence-electron chi connectivity index (χ0n) is 12.1. The fraction of sp³-hybridized carbons (Fsp3) is 0.588. The van der Waals surface area contributed by atoms with Crippen LogP contribution in [0.2, 0.25) is 0 Å². The van der Waals surface area contributed by atoms with Crippen molar-refractivity contribution in [1.82, 2.24) is 5.32 Å². The zero-order valence-corrected chi connectivity index (χ0v) is 12.1. The van der Waals surface area contributed by atoms with Crippen LogP contribution >= 0.6 is 0 Å². The van der Waals surface area contributed by atoms with Crippen LogP contribution in [0.5, 0.6) is 0 Å². The van der Waals surface area contributed by atoms with Crippen LogP contribution < -0.4 is 5.32 Å². The van der Waals surface area contributed by atoms with E-state index in [1.54, 1.807) is 0 Å². The van der Waals surface area contributed by atoms with Gasteiger partial charge in [0.05, 0.1) is 0 Å². The smallest absolute Gasteiger partial charge is 0.407 e. The molecule has 0 heterocycles. The van der Waals surface area contributed by atoms with E-state index in [1.165, 1.54) is 38.5 Å². The second-order valence-electron chi connectivity index (χ2n) is 5.63. The third kappa shape index (κ3) is 5.64. The fourth-order valence-corrected chi connectivity index (χ4v) is 2.83. The van der Waals surface area contributed by atoms with Crippen molar-refractivity contribution in [3.8, 4) is 0 Å². The van der Waals surface area contributed by atoms with Crippen molar-refractivity contribution in [2.24, 2.45) is 5.92 Å². The summed E-state index contributed by atoms with van der Waals surface area (Å²) in [6.45, 7) is 1.07. The quantitative estimate of drug-likeness (QED) is 0.787. The van der Waals surface area contributed by atoms with E-state index in [0.717, 1.165) is 24.4 Å². The number of hydrogen-bond acceptors (Lipinski definition) is 2. The highest BCUT2D eigenvalue weighted by Gasteiger charge is 2.12. The fourth-order valence-electron chi connectivity index (χ4n) is 2.83. The third-order valence-electron chi connectivity index (χ3n) is 4.00. The summed E-state index contributed by atoms with van der Waals surface area (Å²) in [5.41, 5.74) is 1.02. The van der Waals surface area contributed by atoms with Crippen LogP contribution in [-0.2, 0) is 11.3 Å². The number of carbonyl (C=O) groups is 1. The summed E-state index contributed by atoms with van der Waals surface area (Å²) in [6, 6.07) is 9.75. The minimum Gasteiger partial charge on any atom is -0.445 e. The molecule has 0 saturated heterocycles. The van der Waals surface area contributed by atoms with Crippen molar-refractivity contribution in [3.63, 3.8) is 0 Å². The van der Waals surface area contributed by atoms with Crippen LogP contribution in [0.3, 0.4) is 0 Å². The Morgan fingerprint density at radius 2 is 1.90 bits per heavy atom. The van der Waals surface area contributed by atoms with Gasteiger partial charge < -0.3 is 10.1 Å². The maximum Gasteiger partial charge on any atom is 0.407 e. The molecule has 110 valence electrons. The molecule has 0 spiro atoms. The Kier molecular flexibility index (Phi) is 6.42. The summed E-state index contributed by atoms with van der Waals surface area (Å²) < 4.78 is 5.17. The highest BCUT2D eigenvalue weighted by molar-refractivity contribution is 5.67. The molecule has 0 bridgehead atoms. The molecule has 1 N–H and O–H groups in total. The maximum absolute atomic E-state index is 11.5. The van der Waals surface area contributed by atoms with Gasteiger partial charge in [-0.05, 0) is 24.3 Å². The van der Waals surface area contributed by atoms with E-state index in [9.17, 15) is 4.79 Å². The lowest BCUT2D eigenvalue weighted by molar-refractivity contribution is 0.139. The van der Waals surface area contributed by atoms with Crippen molar-refractivity contribution in [3.05, 3.63) is 35.9 Å². The first-order valence-corrected chi connectivity index (χ1v) is 7.79. The predicted octanol–water partition coefficient (Wildman–Crippen LogP) is 4.27. The van der Waals surface area contributed by atoms with Gasteiger partial charge in [-0.15, -0.1) is 0 Å².